The van der Waals surface area contributed by atoms with Gasteiger partial charge in [0.05, 0.1) is 5.52 Å². The van der Waals surface area contributed by atoms with E-state index in [9.17, 15) is 14.4 Å². The van der Waals surface area contributed by atoms with Crippen molar-refractivity contribution in [2.24, 2.45) is 5.41 Å². The van der Waals surface area contributed by atoms with Crippen molar-refractivity contribution >= 4 is 40.0 Å². The van der Waals surface area contributed by atoms with Crippen LogP contribution in [0, 0.1) is 19.3 Å². The number of aryl methyl sites for hydroxylation is 3. The fraction of sp³-hybridized carbons (Fsp3) is 0.516. The van der Waals surface area contributed by atoms with Crippen LogP contribution in [0.4, 0.5) is 11.5 Å². The quantitative estimate of drug-likeness (QED) is 0.449. The minimum absolute atomic E-state index is 0.0123. The molecule has 3 aliphatic rings. The zero-order valence-electron chi connectivity index (χ0n) is 23.8. The summed E-state index contributed by atoms with van der Waals surface area (Å²) in [4.78, 5) is 46.4. The summed E-state index contributed by atoms with van der Waals surface area (Å²) < 4.78 is 1.71. The molecule has 3 atom stereocenters. The van der Waals surface area contributed by atoms with E-state index in [0.717, 1.165) is 72.1 Å². The van der Waals surface area contributed by atoms with Crippen LogP contribution in [0.3, 0.4) is 0 Å². The molecule has 2 aromatic heterocycles. The maximum atomic E-state index is 14.0. The molecule has 3 aromatic rings. The predicted molar refractivity (Wildman–Crippen MR) is 155 cm³/mol. The standard InChI is InChI=1S/C31H38N6O3/c1-18-10-11-19(2)33-29(18)34-30(40)24-15-31(4)16-25(31)37(24)26(39)17-36-28-21-9-7-5-6-8-12-32-22(13-21)14-23(28)27(35-36)20(3)38/h10-11,13-14,24-25,32H,5-9,12,15-17H2,1-4H3,(H,33,34,40)/t24-,25+,31-/m0/s1. The number of hydrogen-bond acceptors (Lipinski definition) is 6. The lowest BCUT2D eigenvalue weighted by molar-refractivity contribution is -0.138. The Morgan fingerprint density at radius 2 is 1.90 bits per heavy atom. The molecule has 210 valence electrons. The maximum Gasteiger partial charge on any atom is 0.248 e. The van der Waals surface area contributed by atoms with Gasteiger partial charge in [-0.15, -0.1) is 0 Å². The summed E-state index contributed by atoms with van der Waals surface area (Å²) in [6, 6.07) is 7.44. The molecule has 9 nitrogen and oxygen atoms in total. The smallest absolute Gasteiger partial charge is 0.248 e. The van der Waals surface area contributed by atoms with Gasteiger partial charge in [0.1, 0.15) is 24.1 Å². The van der Waals surface area contributed by atoms with Crippen LogP contribution in [0.5, 0.6) is 0 Å². The number of rotatable bonds is 5. The van der Waals surface area contributed by atoms with E-state index < -0.39 is 6.04 Å². The van der Waals surface area contributed by atoms with E-state index in [4.69, 9.17) is 0 Å². The second-order valence-corrected chi connectivity index (χ2v) is 12.2. The predicted octanol–water partition coefficient (Wildman–Crippen LogP) is 4.80. The average molecular weight is 543 g/mol. The topological polar surface area (TPSA) is 109 Å². The largest absolute Gasteiger partial charge is 0.385 e. The first kappa shape index (κ1) is 26.5. The molecular weight excluding hydrogens is 504 g/mol. The SMILES string of the molecule is CC(=O)c1nn(CC(=O)N2[C@H](C(=O)Nc3nc(C)ccc3C)C[C@@]3(C)C[C@@H]23)c2c3cc(cc12)NCCCCCC3. The molecule has 2 bridgehead atoms. The Kier molecular flexibility index (Phi) is 6.63. The number of benzene rings is 1. The maximum absolute atomic E-state index is 14.0. The first-order chi connectivity index (χ1) is 19.1. The first-order valence-corrected chi connectivity index (χ1v) is 14.5. The van der Waals surface area contributed by atoms with Crippen LogP contribution in [0.15, 0.2) is 24.3 Å². The molecule has 1 aliphatic carbocycles. The Morgan fingerprint density at radius 3 is 2.70 bits per heavy atom. The monoisotopic (exact) mass is 542 g/mol. The van der Waals surface area contributed by atoms with Gasteiger partial charge in [-0.05, 0) is 80.7 Å². The lowest BCUT2D eigenvalue weighted by atomic mass is 10.00. The molecule has 2 N–H and O–H groups in total. The molecule has 40 heavy (non-hydrogen) atoms. The second-order valence-electron chi connectivity index (χ2n) is 12.2. The van der Waals surface area contributed by atoms with Gasteiger partial charge in [-0.3, -0.25) is 19.1 Å². The van der Waals surface area contributed by atoms with Crippen LogP contribution in [0.2, 0.25) is 0 Å². The minimum Gasteiger partial charge on any atom is -0.385 e. The fourth-order valence-corrected chi connectivity index (χ4v) is 6.62. The number of Topliss-reactive ketones (excluding diaryl/α,β-unsaturated/α-hetero) is 1. The van der Waals surface area contributed by atoms with Gasteiger partial charge < -0.3 is 15.5 Å². The molecule has 9 heteroatoms. The zero-order chi connectivity index (χ0) is 28.2. The normalized spacial score (nSPS) is 23.9. The molecule has 1 saturated carbocycles. The number of carbonyl (C=O) groups excluding carboxylic acids is 3. The summed E-state index contributed by atoms with van der Waals surface area (Å²) in [5, 5.41) is 11.9. The molecule has 0 unspecified atom stereocenters. The summed E-state index contributed by atoms with van der Waals surface area (Å²) in [7, 11) is 0. The highest BCUT2D eigenvalue weighted by molar-refractivity contribution is 6.07. The fourth-order valence-electron chi connectivity index (χ4n) is 6.62. The van der Waals surface area contributed by atoms with Gasteiger partial charge in [-0.1, -0.05) is 25.8 Å². The minimum atomic E-state index is -0.569. The number of likely N-dealkylation sites (tertiary alicyclic amines) is 1. The molecule has 0 spiro atoms. The summed E-state index contributed by atoms with van der Waals surface area (Å²) in [5.41, 5.74) is 4.98. The molecule has 2 amide bonds. The van der Waals surface area contributed by atoms with Gasteiger partial charge in [0, 0.05) is 36.3 Å². The van der Waals surface area contributed by atoms with Gasteiger partial charge in [-0.25, -0.2) is 4.98 Å². The summed E-state index contributed by atoms with van der Waals surface area (Å²) in [6.07, 6.45) is 6.86. The number of aromatic nitrogens is 3. The third kappa shape index (κ3) is 4.75. The van der Waals surface area contributed by atoms with Crippen LogP contribution < -0.4 is 10.6 Å². The highest BCUT2D eigenvalue weighted by Crippen LogP contribution is 2.59. The number of carbonyl (C=O) groups is 3. The highest BCUT2D eigenvalue weighted by Gasteiger charge is 2.64. The first-order valence-electron chi connectivity index (χ1n) is 14.5. The second kappa shape index (κ2) is 10.0. The van der Waals surface area contributed by atoms with Crippen LogP contribution in [0.25, 0.3) is 10.9 Å². The van der Waals surface area contributed by atoms with E-state index in [-0.39, 0.29) is 35.6 Å². The van der Waals surface area contributed by atoms with E-state index >= 15 is 0 Å². The Labute approximate surface area is 234 Å². The van der Waals surface area contributed by atoms with Crippen molar-refractivity contribution < 1.29 is 14.4 Å². The molecule has 2 fully saturated rings. The third-order valence-electron chi connectivity index (χ3n) is 8.95. The van der Waals surface area contributed by atoms with Gasteiger partial charge in [0.25, 0.3) is 0 Å². The van der Waals surface area contributed by atoms with Gasteiger partial charge in [0.15, 0.2) is 5.78 Å². The number of amides is 2. The van der Waals surface area contributed by atoms with Crippen molar-refractivity contribution in [3.05, 3.63) is 46.8 Å². The average Bonchev–Trinajstić information content (AvgIpc) is 3.27. The van der Waals surface area contributed by atoms with Gasteiger partial charge in [-0.2, -0.15) is 5.10 Å². The Morgan fingerprint density at radius 1 is 1.10 bits per heavy atom. The van der Waals surface area contributed by atoms with Crippen molar-refractivity contribution in [1.82, 2.24) is 19.7 Å². The van der Waals surface area contributed by atoms with E-state index in [0.29, 0.717) is 17.9 Å². The molecule has 1 saturated heterocycles. The molecule has 4 heterocycles. The summed E-state index contributed by atoms with van der Waals surface area (Å²) in [6.45, 7) is 8.35. The third-order valence-corrected chi connectivity index (χ3v) is 8.95. The molecule has 1 aromatic carbocycles. The number of hydrogen-bond donors (Lipinski definition) is 2. The van der Waals surface area contributed by atoms with Crippen molar-refractivity contribution in [2.45, 2.75) is 91.3 Å². The number of nitrogens with one attached hydrogen (secondary N) is 2. The lowest BCUT2D eigenvalue weighted by Gasteiger charge is -2.27. The molecule has 0 radical (unpaired) electrons. The van der Waals surface area contributed by atoms with E-state index in [2.05, 4.69) is 33.7 Å². The molecular formula is C31H38N6O3. The number of piperidine rings is 1. The van der Waals surface area contributed by atoms with E-state index in [1.807, 2.05) is 32.0 Å². The van der Waals surface area contributed by atoms with Gasteiger partial charge in [0.2, 0.25) is 11.8 Å². The Bertz CT molecular complexity index is 1530. The lowest BCUT2D eigenvalue weighted by Crippen LogP contribution is -2.47. The van der Waals surface area contributed by atoms with Crippen LogP contribution >= 0.6 is 0 Å². The number of anilines is 2. The van der Waals surface area contributed by atoms with Gasteiger partial charge >= 0.3 is 0 Å². The van der Waals surface area contributed by atoms with Crippen molar-refractivity contribution in [1.29, 1.82) is 0 Å². The molecule has 6 rings (SSSR count). The number of nitrogens with zero attached hydrogens (tertiary/aromatic N) is 4. The Hall–Kier alpha value is -3.75. The van der Waals surface area contributed by atoms with Crippen LogP contribution in [-0.2, 0) is 22.6 Å². The number of fused-ring (bicyclic) bond motifs is 5. The number of pyridine rings is 1. The van der Waals surface area contributed by atoms with E-state index in [1.54, 1.807) is 9.58 Å². The molecule has 2 aliphatic heterocycles. The van der Waals surface area contributed by atoms with Crippen molar-refractivity contribution in [3.63, 3.8) is 0 Å². The Balaban J connectivity index is 1.32. The summed E-state index contributed by atoms with van der Waals surface area (Å²) in [5.74, 6) is 0.0628. The van der Waals surface area contributed by atoms with Crippen molar-refractivity contribution in [2.75, 3.05) is 17.2 Å². The van der Waals surface area contributed by atoms with Crippen LogP contribution in [-0.4, -0.2) is 55.9 Å². The summed E-state index contributed by atoms with van der Waals surface area (Å²) >= 11 is 0. The zero-order valence-corrected chi connectivity index (χ0v) is 23.8. The van der Waals surface area contributed by atoms with Crippen LogP contribution in [0.1, 0.15) is 79.7 Å². The number of ketones is 1. The van der Waals surface area contributed by atoms with E-state index in [1.165, 1.54) is 13.3 Å². The highest BCUT2D eigenvalue weighted by atomic mass is 16.2. The van der Waals surface area contributed by atoms with Crippen molar-refractivity contribution in [3.8, 4) is 0 Å².